The first-order valence-corrected chi connectivity index (χ1v) is 7.31. The summed E-state index contributed by atoms with van der Waals surface area (Å²) in [5.74, 6) is 0.194. The van der Waals surface area contributed by atoms with Crippen molar-refractivity contribution in [2.24, 2.45) is 0 Å². The fourth-order valence-electron chi connectivity index (χ4n) is 1.93. The van der Waals surface area contributed by atoms with Crippen LogP contribution >= 0.6 is 0 Å². The predicted molar refractivity (Wildman–Crippen MR) is 82.9 cm³/mol. The van der Waals surface area contributed by atoms with Crippen LogP contribution in [-0.4, -0.2) is 55.1 Å². The lowest BCUT2D eigenvalue weighted by molar-refractivity contribution is -0.137. The quantitative estimate of drug-likeness (QED) is 0.667. The van der Waals surface area contributed by atoms with Gasteiger partial charge in [0.1, 0.15) is 0 Å². The van der Waals surface area contributed by atoms with Gasteiger partial charge in [0.25, 0.3) is 0 Å². The van der Waals surface area contributed by atoms with Crippen LogP contribution in [0.2, 0.25) is 0 Å². The summed E-state index contributed by atoms with van der Waals surface area (Å²) in [6, 6.07) is 5.09. The van der Waals surface area contributed by atoms with E-state index in [1.807, 2.05) is 13.8 Å². The second kappa shape index (κ2) is 9.04. The highest BCUT2D eigenvalue weighted by Crippen LogP contribution is 2.28. The molecule has 0 aliphatic carbocycles. The molecule has 0 aliphatic rings. The Morgan fingerprint density at radius 3 is 2.36 bits per heavy atom. The van der Waals surface area contributed by atoms with Crippen LogP contribution in [0, 0.1) is 0 Å². The van der Waals surface area contributed by atoms with Crippen molar-refractivity contribution >= 4 is 11.8 Å². The Bertz CT molecular complexity index is 515. The zero-order valence-electron chi connectivity index (χ0n) is 13.3. The molecule has 0 saturated carbocycles. The number of carboxylic acid groups (broad SMARTS) is 1. The van der Waals surface area contributed by atoms with E-state index in [1.54, 1.807) is 30.1 Å². The highest BCUT2D eigenvalue weighted by atomic mass is 16.5. The number of hydrogen-bond acceptors (Lipinski definition) is 5. The van der Waals surface area contributed by atoms with Crippen molar-refractivity contribution in [2.45, 2.75) is 20.3 Å². The number of Topliss-reactive ketones (excluding diaryl/α,β-unsaturated/α-hetero) is 1. The fraction of sp³-hybridized carbons (Fsp3) is 0.500. The Kier molecular flexibility index (Phi) is 7.39. The molecule has 0 fully saturated rings. The van der Waals surface area contributed by atoms with Gasteiger partial charge < -0.3 is 14.6 Å². The van der Waals surface area contributed by atoms with E-state index < -0.39 is 5.97 Å². The monoisotopic (exact) mass is 309 g/mol. The van der Waals surface area contributed by atoms with Gasteiger partial charge in [-0.25, -0.2) is 0 Å². The van der Waals surface area contributed by atoms with E-state index in [0.29, 0.717) is 36.8 Å². The number of ketones is 1. The Labute approximate surface area is 130 Å². The number of likely N-dealkylation sites (N-methyl/N-ethyl adjacent to an activating group) is 1. The van der Waals surface area contributed by atoms with E-state index in [1.165, 1.54) is 0 Å². The largest absolute Gasteiger partial charge is 0.490 e. The maximum Gasteiger partial charge on any atom is 0.304 e. The van der Waals surface area contributed by atoms with Crippen molar-refractivity contribution in [3.63, 3.8) is 0 Å². The first kappa shape index (κ1) is 18.0. The van der Waals surface area contributed by atoms with E-state index >= 15 is 0 Å². The van der Waals surface area contributed by atoms with Crippen LogP contribution in [0.4, 0.5) is 0 Å². The molecular formula is C16H23NO5. The van der Waals surface area contributed by atoms with Gasteiger partial charge in [0.2, 0.25) is 0 Å². The second-order valence-corrected chi connectivity index (χ2v) is 4.83. The molecule has 1 aromatic rings. The minimum Gasteiger partial charge on any atom is -0.490 e. The SMILES string of the molecule is CCOc1ccc(C(=O)CN(C)CCC(=O)O)cc1OCC. The third-order valence-corrected chi connectivity index (χ3v) is 2.99. The first-order chi connectivity index (χ1) is 10.5. The number of carboxylic acids is 1. The topological polar surface area (TPSA) is 76.1 Å². The number of ether oxygens (including phenoxy) is 2. The molecule has 0 aliphatic heterocycles. The predicted octanol–water partition coefficient (Wildman–Crippen LogP) is 2.07. The molecular weight excluding hydrogens is 286 g/mol. The summed E-state index contributed by atoms with van der Waals surface area (Å²) in [4.78, 5) is 24.5. The third kappa shape index (κ3) is 5.73. The smallest absolute Gasteiger partial charge is 0.304 e. The van der Waals surface area contributed by atoms with E-state index in [9.17, 15) is 9.59 Å². The number of hydrogen-bond donors (Lipinski definition) is 1. The maximum absolute atomic E-state index is 12.2. The van der Waals surface area contributed by atoms with Gasteiger partial charge in [-0.2, -0.15) is 0 Å². The Balaban J connectivity index is 2.76. The van der Waals surface area contributed by atoms with Crippen LogP contribution in [0.25, 0.3) is 0 Å². The summed E-state index contributed by atoms with van der Waals surface area (Å²) in [6.07, 6.45) is 0.0112. The third-order valence-electron chi connectivity index (χ3n) is 2.99. The molecule has 0 bridgehead atoms. The lowest BCUT2D eigenvalue weighted by Gasteiger charge is -2.16. The molecule has 1 aromatic carbocycles. The van der Waals surface area contributed by atoms with E-state index in [4.69, 9.17) is 14.6 Å². The standard InChI is InChI=1S/C16H23NO5/c1-4-21-14-7-6-12(10-15(14)22-5-2)13(18)11-17(3)9-8-16(19)20/h6-7,10H,4-5,8-9,11H2,1-3H3,(H,19,20). The van der Waals surface area contributed by atoms with Crippen molar-refractivity contribution < 1.29 is 24.2 Å². The highest BCUT2D eigenvalue weighted by molar-refractivity contribution is 5.98. The number of nitrogens with zero attached hydrogens (tertiary/aromatic N) is 1. The van der Waals surface area contributed by atoms with Crippen molar-refractivity contribution in [2.75, 3.05) is 33.4 Å². The molecule has 1 N–H and O–H groups in total. The van der Waals surface area contributed by atoms with Crippen molar-refractivity contribution in [3.8, 4) is 11.5 Å². The van der Waals surface area contributed by atoms with E-state index in [-0.39, 0.29) is 18.7 Å². The molecule has 1 rings (SSSR count). The molecule has 0 radical (unpaired) electrons. The number of carbonyl (C=O) groups is 2. The van der Waals surface area contributed by atoms with Gasteiger partial charge in [-0.3, -0.25) is 14.5 Å². The Morgan fingerprint density at radius 2 is 1.77 bits per heavy atom. The van der Waals surface area contributed by atoms with Crippen LogP contribution in [0.15, 0.2) is 18.2 Å². The van der Waals surface area contributed by atoms with Crippen LogP contribution in [0.5, 0.6) is 11.5 Å². The first-order valence-electron chi connectivity index (χ1n) is 7.31. The zero-order chi connectivity index (χ0) is 16.5. The molecule has 0 spiro atoms. The summed E-state index contributed by atoms with van der Waals surface area (Å²) in [5, 5.41) is 8.65. The lowest BCUT2D eigenvalue weighted by atomic mass is 10.1. The average molecular weight is 309 g/mol. The summed E-state index contributed by atoms with van der Waals surface area (Å²) in [5.41, 5.74) is 0.522. The molecule has 0 heterocycles. The molecule has 0 unspecified atom stereocenters. The van der Waals surface area contributed by atoms with E-state index in [0.717, 1.165) is 0 Å². The van der Waals surface area contributed by atoms with Gasteiger partial charge in [0.05, 0.1) is 26.2 Å². The van der Waals surface area contributed by atoms with Crippen molar-refractivity contribution in [1.82, 2.24) is 4.90 Å². The Hall–Kier alpha value is -2.08. The van der Waals surface area contributed by atoms with Gasteiger partial charge in [0, 0.05) is 12.1 Å². The van der Waals surface area contributed by atoms with Gasteiger partial charge in [-0.1, -0.05) is 0 Å². The van der Waals surface area contributed by atoms with Gasteiger partial charge in [-0.05, 0) is 39.1 Å². The van der Waals surface area contributed by atoms with Gasteiger partial charge in [0.15, 0.2) is 17.3 Å². The van der Waals surface area contributed by atoms with Crippen LogP contribution in [0.1, 0.15) is 30.6 Å². The molecule has 6 nitrogen and oxygen atoms in total. The molecule has 6 heteroatoms. The minimum atomic E-state index is -0.876. The normalized spacial score (nSPS) is 10.5. The molecule has 22 heavy (non-hydrogen) atoms. The number of aliphatic carboxylic acids is 1. The fourth-order valence-corrected chi connectivity index (χ4v) is 1.93. The maximum atomic E-state index is 12.2. The lowest BCUT2D eigenvalue weighted by Crippen LogP contribution is -2.28. The number of rotatable bonds is 10. The minimum absolute atomic E-state index is 0.0112. The number of carbonyl (C=O) groups excluding carboxylic acids is 1. The summed E-state index contributed by atoms with van der Waals surface area (Å²) < 4.78 is 11.0. The molecule has 0 saturated heterocycles. The van der Waals surface area contributed by atoms with Gasteiger partial charge >= 0.3 is 5.97 Å². The van der Waals surface area contributed by atoms with E-state index in [2.05, 4.69) is 0 Å². The summed E-state index contributed by atoms with van der Waals surface area (Å²) in [7, 11) is 1.72. The van der Waals surface area contributed by atoms with Crippen LogP contribution in [0.3, 0.4) is 0 Å². The zero-order valence-corrected chi connectivity index (χ0v) is 13.3. The number of benzene rings is 1. The molecule has 0 atom stereocenters. The van der Waals surface area contributed by atoms with Crippen molar-refractivity contribution in [3.05, 3.63) is 23.8 Å². The van der Waals surface area contributed by atoms with Crippen LogP contribution < -0.4 is 9.47 Å². The highest BCUT2D eigenvalue weighted by Gasteiger charge is 2.14. The molecule has 122 valence electrons. The van der Waals surface area contributed by atoms with Gasteiger partial charge in [-0.15, -0.1) is 0 Å². The summed E-state index contributed by atoms with van der Waals surface area (Å²) >= 11 is 0. The molecule has 0 aromatic heterocycles. The Morgan fingerprint density at radius 1 is 1.14 bits per heavy atom. The average Bonchev–Trinajstić information content (AvgIpc) is 2.47. The summed E-state index contributed by atoms with van der Waals surface area (Å²) in [6.45, 7) is 5.24. The second-order valence-electron chi connectivity index (χ2n) is 4.83. The molecule has 0 amide bonds. The van der Waals surface area contributed by atoms with Crippen LogP contribution in [-0.2, 0) is 4.79 Å². The van der Waals surface area contributed by atoms with Crippen molar-refractivity contribution in [1.29, 1.82) is 0 Å².